The molecule has 5 rings (SSSR count). The summed E-state index contributed by atoms with van der Waals surface area (Å²) in [5.74, 6) is 1.34. The molecule has 6 nitrogen and oxygen atoms in total. The molecule has 6 heteroatoms. The van der Waals surface area contributed by atoms with Gasteiger partial charge in [0.15, 0.2) is 0 Å². The van der Waals surface area contributed by atoms with E-state index >= 15 is 0 Å². The molecule has 156 valence electrons. The van der Waals surface area contributed by atoms with Gasteiger partial charge in [-0.15, -0.1) is 0 Å². The Bertz CT molecular complexity index is 1050. The van der Waals surface area contributed by atoms with Gasteiger partial charge in [-0.05, 0) is 85.6 Å². The van der Waals surface area contributed by atoms with Gasteiger partial charge in [0, 0.05) is 5.69 Å². The third-order valence-electron chi connectivity index (χ3n) is 6.82. The van der Waals surface area contributed by atoms with Crippen molar-refractivity contribution in [3.8, 4) is 0 Å². The predicted octanol–water partition coefficient (Wildman–Crippen LogP) is 4.71. The van der Waals surface area contributed by atoms with Crippen molar-refractivity contribution in [1.82, 2.24) is 9.38 Å². The maximum absolute atomic E-state index is 11.4. The average molecular weight is 405 g/mol. The van der Waals surface area contributed by atoms with Gasteiger partial charge < -0.3 is 20.6 Å². The number of hydrogen-bond acceptors (Lipinski definition) is 3. The van der Waals surface area contributed by atoms with Gasteiger partial charge in [-0.2, -0.15) is 0 Å². The number of rotatable bonds is 5. The van der Waals surface area contributed by atoms with Crippen LogP contribution >= 0.6 is 0 Å². The molecular formula is C24H28N4O2. The van der Waals surface area contributed by atoms with Crippen LogP contribution in [0.1, 0.15) is 73.3 Å². The number of carbonyl (C=O) groups excluding carboxylic acids is 1. The molecule has 0 bridgehead atoms. The Balaban J connectivity index is 1.30. The normalized spacial score (nSPS) is 22.7. The number of benzene rings is 1. The number of nitrogens with two attached hydrogens (primary N) is 1. The van der Waals surface area contributed by atoms with Gasteiger partial charge in [0.2, 0.25) is 0 Å². The number of aliphatic hydroxyl groups is 1. The van der Waals surface area contributed by atoms with Crippen LogP contribution in [-0.4, -0.2) is 20.5 Å². The Morgan fingerprint density at radius 2 is 1.73 bits per heavy atom. The highest BCUT2D eigenvalue weighted by atomic mass is 16.3. The summed E-state index contributed by atoms with van der Waals surface area (Å²) in [4.78, 5) is 15.3. The SMILES string of the molecule is NC(=O)Nc1ccc([C@H]2CC[C@H]([C@H](O)c3c(C4CC4)ccc4cncn34)CC2)cc1. The number of aromatic nitrogens is 2. The number of anilines is 1. The maximum atomic E-state index is 11.4. The molecule has 2 saturated carbocycles. The van der Waals surface area contributed by atoms with E-state index in [1.165, 1.54) is 24.0 Å². The van der Waals surface area contributed by atoms with Gasteiger partial charge in [0.1, 0.15) is 0 Å². The lowest BCUT2D eigenvalue weighted by molar-refractivity contribution is 0.0754. The Morgan fingerprint density at radius 3 is 2.40 bits per heavy atom. The van der Waals surface area contributed by atoms with E-state index in [-0.39, 0.29) is 5.92 Å². The molecule has 0 saturated heterocycles. The van der Waals surface area contributed by atoms with Crippen LogP contribution in [0, 0.1) is 5.92 Å². The fourth-order valence-corrected chi connectivity index (χ4v) is 5.05. The first-order chi connectivity index (χ1) is 14.6. The summed E-state index contributed by atoms with van der Waals surface area (Å²) >= 11 is 0. The number of nitrogens with zero attached hydrogens (tertiary/aromatic N) is 2. The summed E-state index contributed by atoms with van der Waals surface area (Å²) in [6.45, 7) is 0. The van der Waals surface area contributed by atoms with Crippen LogP contribution in [0.2, 0.25) is 0 Å². The van der Waals surface area contributed by atoms with Gasteiger partial charge in [0.25, 0.3) is 0 Å². The first-order valence-electron chi connectivity index (χ1n) is 10.9. The molecule has 2 fully saturated rings. The van der Waals surface area contributed by atoms with Gasteiger partial charge in [-0.1, -0.05) is 18.2 Å². The third-order valence-corrected chi connectivity index (χ3v) is 6.82. The lowest BCUT2D eigenvalue weighted by Gasteiger charge is -2.33. The largest absolute Gasteiger partial charge is 0.387 e. The summed E-state index contributed by atoms with van der Waals surface area (Å²) in [6, 6.07) is 11.7. The molecule has 1 aromatic carbocycles. The Hall–Kier alpha value is -2.86. The minimum Gasteiger partial charge on any atom is -0.387 e. The quantitative estimate of drug-likeness (QED) is 0.575. The summed E-state index contributed by atoms with van der Waals surface area (Å²) in [5, 5.41) is 14.0. The number of fused-ring (bicyclic) bond motifs is 1. The molecule has 0 unspecified atom stereocenters. The van der Waals surface area contributed by atoms with Crippen molar-refractivity contribution in [2.24, 2.45) is 11.7 Å². The van der Waals surface area contributed by atoms with E-state index in [9.17, 15) is 9.90 Å². The summed E-state index contributed by atoms with van der Waals surface area (Å²) in [6.07, 6.45) is 9.80. The summed E-state index contributed by atoms with van der Waals surface area (Å²) in [7, 11) is 0. The molecule has 0 aliphatic heterocycles. The molecule has 0 spiro atoms. The highest BCUT2D eigenvalue weighted by Crippen LogP contribution is 2.47. The molecule has 1 atom stereocenters. The van der Waals surface area contributed by atoms with E-state index in [0.717, 1.165) is 42.6 Å². The van der Waals surface area contributed by atoms with Gasteiger partial charge in [-0.3, -0.25) is 0 Å². The van der Waals surface area contributed by atoms with Crippen molar-refractivity contribution in [3.63, 3.8) is 0 Å². The fourth-order valence-electron chi connectivity index (χ4n) is 5.05. The van der Waals surface area contributed by atoms with Crippen LogP contribution in [-0.2, 0) is 0 Å². The van der Waals surface area contributed by atoms with Crippen molar-refractivity contribution in [2.75, 3.05) is 5.32 Å². The zero-order valence-corrected chi connectivity index (χ0v) is 17.0. The highest BCUT2D eigenvalue weighted by molar-refractivity contribution is 5.87. The van der Waals surface area contributed by atoms with E-state index < -0.39 is 12.1 Å². The molecule has 2 aliphatic rings. The number of hydrogen-bond donors (Lipinski definition) is 3. The Morgan fingerprint density at radius 1 is 1.03 bits per heavy atom. The standard InChI is InChI=1S/C24H28N4O2/c25-24(30)27-19-9-7-16(8-10-19)15-1-5-18(6-2-15)23(29)22-21(17-3-4-17)12-11-20-13-26-14-28(20)22/h7-15,17-18,23,29H,1-6H2,(H3,25,27,30)/t15-,18-,23-/m0/s1. The number of amides is 2. The molecule has 2 aliphatic carbocycles. The van der Waals surface area contributed by atoms with E-state index in [1.807, 2.05) is 24.7 Å². The first-order valence-corrected chi connectivity index (χ1v) is 10.9. The zero-order chi connectivity index (χ0) is 20.7. The monoisotopic (exact) mass is 404 g/mol. The van der Waals surface area contributed by atoms with E-state index in [2.05, 4.69) is 39.0 Å². The minimum absolute atomic E-state index is 0.266. The fraction of sp³-hybridized carbons (Fsp3) is 0.417. The summed E-state index contributed by atoms with van der Waals surface area (Å²) in [5.41, 5.74) is 10.6. The minimum atomic E-state index is -0.546. The Kier molecular flexibility index (Phi) is 4.95. The average Bonchev–Trinajstić information content (AvgIpc) is 3.49. The van der Waals surface area contributed by atoms with Crippen molar-refractivity contribution in [3.05, 3.63) is 65.7 Å². The summed E-state index contributed by atoms with van der Waals surface area (Å²) < 4.78 is 2.09. The molecular weight excluding hydrogens is 376 g/mol. The highest BCUT2D eigenvalue weighted by Gasteiger charge is 2.34. The third kappa shape index (κ3) is 3.67. The van der Waals surface area contributed by atoms with Crippen LogP contribution in [0.5, 0.6) is 0 Å². The van der Waals surface area contributed by atoms with Crippen molar-refractivity contribution in [1.29, 1.82) is 0 Å². The number of aliphatic hydroxyl groups excluding tert-OH is 1. The maximum Gasteiger partial charge on any atom is 0.316 e. The molecule has 0 radical (unpaired) electrons. The van der Waals surface area contributed by atoms with Gasteiger partial charge in [-0.25, -0.2) is 9.78 Å². The lowest BCUT2D eigenvalue weighted by Crippen LogP contribution is -2.22. The van der Waals surface area contributed by atoms with Crippen LogP contribution in [0.3, 0.4) is 0 Å². The van der Waals surface area contributed by atoms with Crippen molar-refractivity contribution < 1.29 is 9.90 Å². The zero-order valence-electron chi connectivity index (χ0n) is 17.0. The number of imidazole rings is 1. The Labute approximate surface area is 176 Å². The van der Waals surface area contributed by atoms with E-state index in [1.54, 1.807) is 0 Å². The van der Waals surface area contributed by atoms with Crippen molar-refractivity contribution >= 4 is 17.2 Å². The van der Waals surface area contributed by atoms with Crippen LogP contribution in [0.15, 0.2) is 48.9 Å². The number of carbonyl (C=O) groups is 1. The van der Waals surface area contributed by atoms with E-state index in [0.29, 0.717) is 11.8 Å². The van der Waals surface area contributed by atoms with Gasteiger partial charge >= 0.3 is 6.03 Å². The topological polar surface area (TPSA) is 92.7 Å². The number of urea groups is 1. The second-order valence-electron chi connectivity index (χ2n) is 8.80. The smallest absolute Gasteiger partial charge is 0.316 e. The number of primary amides is 1. The molecule has 3 aromatic rings. The molecule has 2 heterocycles. The molecule has 2 aromatic heterocycles. The lowest BCUT2D eigenvalue weighted by atomic mass is 9.75. The molecule has 4 N–H and O–H groups in total. The van der Waals surface area contributed by atoms with Crippen LogP contribution in [0.25, 0.3) is 5.52 Å². The van der Waals surface area contributed by atoms with Crippen LogP contribution < -0.4 is 11.1 Å². The first kappa shape index (κ1) is 19.1. The van der Waals surface area contributed by atoms with E-state index in [4.69, 9.17) is 5.73 Å². The van der Waals surface area contributed by atoms with Crippen molar-refractivity contribution in [2.45, 2.75) is 56.5 Å². The second kappa shape index (κ2) is 7.76. The second-order valence-corrected chi connectivity index (χ2v) is 8.80. The number of pyridine rings is 1. The molecule has 2 amide bonds. The predicted molar refractivity (Wildman–Crippen MR) is 116 cm³/mol. The van der Waals surface area contributed by atoms with Gasteiger partial charge in [0.05, 0.1) is 29.8 Å². The molecule has 30 heavy (non-hydrogen) atoms. The van der Waals surface area contributed by atoms with Crippen LogP contribution in [0.4, 0.5) is 10.5 Å². The number of nitrogens with one attached hydrogen (secondary N) is 1.